The van der Waals surface area contributed by atoms with Gasteiger partial charge in [0.15, 0.2) is 0 Å². The van der Waals surface area contributed by atoms with Crippen LogP contribution in [0.15, 0.2) is 18.2 Å². The lowest BCUT2D eigenvalue weighted by molar-refractivity contribution is 0.112. The van der Waals surface area contributed by atoms with Crippen LogP contribution >= 0.6 is 0 Å². The lowest BCUT2D eigenvalue weighted by atomic mass is 9.78. The minimum atomic E-state index is 0.171. The molecule has 0 saturated heterocycles. The first-order chi connectivity index (χ1) is 8.90. The molecule has 1 aliphatic heterocycles. The first-order valence-electron chi connectivity index (χ1n) is 7.29. The molecule has 2 atom stereocenters. The largest absolute Gasteiger partial charge is 0.363 e. The smallest absolute Gasteiger partial charge is 0.150 e. The van der Waals surface area contributed by atoms with Crippen LogP contribution in [0.5, 0.6) is 0 Å². The van der Waals surface area contributed by atoms with Gasteiger partial charge in [-0.05, 0) is 63.3 Å². The van der Waals surface area contributed by atoms with Crippen molar-refractivity contribution in [1.82, 2.24) is 0 Å². The third-order valence-corrected chi connectivity index (χ3v) is 4.47. The highest BCUT2D eigenvalue weighted by molar-refractivity contribution is 5.78. The number of carbonyl (C=O) groups excluding carboxylic acids is 1. The summed E-state index contributed by atoms with van der Waals surface area (Å²) in [5.74, 6) is 0.505. The minimum Gasteiger partial charge on any atom is -0.363 e. The Labute approximate surface area is 116 Å². The van der Waals surface area contributed by atoms with Crippen LogP contribution in [0.3, 0.4) is 0 Å². The predicted octanol–water partition coefficient (Wildman–Crippen LogP) is 4.39. The van der Waals surface area contributed by atoms with Crippen molar-refractivity contribution in [3.05, 3.63) is 29.3 Å². The van der Waals surface area contributed by atoms with Crippen molar-refractivity contribution < 1.29 is 4.79 Å². The molecule has 0 N–H and O–H groups in total. The van der Waals surface area contributed by atoms with Crippen LogP contribution in [0.2, 0.25) is 0 Å². The van der Waals surface area contributed by atoms with Crippen LogP contribution in [0, 0.1) is 0 Å². The quantitative estimate of drug-likeness (QED) is 0.750. The molecule has 0 spiro atoms. The van der Waals surface area contributed by atoms with E-state index < -0.39 is 0 Å². The van der Waals surface area contributed by atoms with Gasteiger partial charge in [0.1, 0.15) is 6.29 Å². The Balaban J connectivity index is 2.56. The van der Waals surface area contributed by atoms with Gasteiger partial charge in [-0.3, -0.25) is 4.79 Å². The van der Waals surface area contributed by atoms with E-state index in [1.165, 1.54) is 11.3 Å². The van der Waals surface area contributed by atoms with Gasteiger partial charge >= 0.3 is 0 Å². The zero-order chi connectivity index (χ0) is 14.2. The van der Waals surface area contributed by atoms with Crippen LogP contribution in [0.1, 0.15) is 69.3 Å². The van der Waals surface area contributed by atoms with Crippen LogP contribution < -0.4 is 4.90 Å². The number of anilines is 1. The van der Waals surface area contributed by atoms with Gasteiger partial charge in [-0.15, -0.1) is 0 Å². The maximum atomic E-state index is 11.0. The SMILES string of the molecule is CC[C@H](C)N1c2ccc(C=O)cc2[C@@H](C)CC1(C)C. The van der Waals surface area contributed by atoms with E-state index in [2.05, 4.69) is 51.7 Å². The van der Waals surface area contributed by atoms with E-state index in [9.17, 15) is 4.79 Å². The Hall–Kier alpha value is -1.31. The average Bonchev–Trinajstić information content (AvgIpc) is 2.37. The molecule has 0 fully saturated rings. The van der Waals surface area contributed by atoms with Gasteiger partial charge in [0.25, 0.3) is 0 Å². The van der Waals surface area contributed by atoms with Gasteiger partial charge in [0.05, 0.1) is 0 Å². The summed E-state index contributed by atoms with van der Waals surface area (Å²) in [4.78, 5) is 13.5. The number of aldehydes is 1. The Bertz CT molecular complexity index is 478. The number of carbonyl (C=O) groups is 1. The standard InChI is InChI=1S/C17H25NO/c1-6-13(3)18-16-8-7-14(11-19)9-15(16)12(2)10-17(18,4)5/h7-9,11-13H,6,10H2,1-5H3/t12-,13-/m0/s1. The van der Waals surface area contributed by atoms with Gasteiger partial charge < -0.3 is 4.90 Å². The van der Waals surface area contributed by atoms with Crippen LogP contribution in [0.25, 0.3) is 0 Å². The highest BCUT2D eigenvalue weighted by Gasteiger charge is 2.38. The monoisotopic (exact) mass is 259 g/mol. The zero-order valence-corrected chi connectivity index (χ0v) is 12.7. The predicted molar refractivity (Wildman–Crippen MR) is 81.2 cm³/mol. The van der Waals surface area contributed by atoms with Crippen molar-refractivity contribution in [3.8, 4) is 0 Å². The summed E-state index contributed by atoms with van der Waals surface area (Å²) in [7, 11) is 0. The molecule has 1 aromatic rings. The zero-order valence-electron chi connectivity index (χ0n) is 12.7. The first-order valence-corrected chi connectivity index (χ1v) is 7.29. The van der Waals surface area contributed by atoms with Crippen LogP contribution in [-0.2, 0) is 0 Å². The van der Waals surface area contributed by atoms with Crippen molar-refractivity contribution >= 4 is 12.0 Å². The first kappa shape index (κ1) is 14.1. The average molecular weight is 259 g/mol. The Morgan fingerprint density at radius 1 is 1.47 bits per heavy atom. The lowest BCUT2D eigenvalue weighted by Crippen LogP contribution is -2.52. The number of fused-ring (bicyclic) bond motifs is 1. The molecule has 0 amide bonds. The van der Waals surface area contributed by atoms with Crippen LogP contribution in [0.4, 0.5) is 5.69 Å². The van der Waals surface area contributed by atoms with E-state index in [1.807, 2.05) is 6.07 Å². The van der Waals surface area contributed by atoms with E-state index in [0.717, 1.165) is 24.7 Å². The molecule has 0 aromatic heterocycles. The van der Waals surface area contributed by atoms with E-state index >= 15 is 0 Å². The molecule has 0 unspecified atom stereocenters. The van der Waals surface area contributed by atoms with Gasteiger partial charge in [0.2, 0.25) is 0 Å². The van der Waals surface area contributed by atoms with E-state index in [4.69, 9.17) is 0 Å². The second kappa shape index (κ2) is 4.99. The Morgan fingerprint density at radius 2 is 2.16 bits per heavy atom. The van der Waals surface area contributed by atoms with E-state index in [0.29, 0.717) is 12.0 Å². The summed E-state index contributed by atoms with van der Waals surface area (Å²) >= 11 is 0. The maximum absolute atomic E-state index is 11.0. The fourth-order valence-corrected chi connectivity index (χ4v) is 3.56. The van der Waals surface area contributed by atoms with Gasteiger partial charge in [-0.1, -0.05) is 13.8 Å². The maximum Gasteiger partial charge on any atom is 0.150 e. The lowest BCUT2D eigenvalue weighted by Gasteiger charge is -2.50. The van der Waals surface area contributed by atoms with Gasteiger partial charge in [-0.25, -0.2) is 0 Å². The van der Waals surface area contributed by atoms with Gasteiger partial charge in [0, 0.05) is 22.8 Å². The molecule has 0 aliphatic carbocycles. The van der Waals surface area contributed by atoms with Crippen molar-refractivity contribution in [3.63, 3.8) is 0 Å². The summed E-state index contributed by atoms with van der Waals surface area (Å²) in [5, 5.41) is 0. The minimum absolute atomic E-state index is 0.171. The molecule has 2 heteroatoms. The fraction of sp³-hybridized carbons (Fsp3) is 0.588. The molecular weight excluding hydrogens is 234 g/mol. The molecule has 0 bridgehead atoms. The van der Waals surface area contributed by atoms with Crippen molar-refractivity contribution in [2.45, 2.75) is 65.0 Å². The topological polar surface area (TPSA) is 20.3 Å². The van der Waals surface area contributed by atoms with E-state index in [1.54, 1.807) is 0 Å². The Kier molecular flexibility index (Phi) is 3.71. The number of hydrogen-bond acceptors (Lipinski definition) is 2. The van der Waals surface area contributed by atoms with Gasteiger partial charge in [-0.2, -0.15) is 0 Å². The summed E-state index contributed by atoms with van der Waals surface area (Å²) in [5.41, 5.74) is 3.59. The molecule has 0 radical (unpaired) electrons. The molecule has 1 heterocycles. The molecule has 19 heavy (non-hydrogen) atoms. The number of hydrogen-bond donors (Lipinski definition) is 0. The molecule has 1 aromatic carbocycles. The van der Waals surface area contributed by atoms with E-state index in [-0.39, 0.29) is 5.54 Å². The highest BCUT2D eigenvalue weighted by Crippen LogP contribution is 2.44. The highest BCUT2D eigenvalue weighted by atomic mass is 16.1. The summed E-state index contributed by atoms with van der Waals surface area (Å²) in [6.45, 7) is 11.4. The molecule has 104 valence electrons. The molecule has 2 rings (SSSR count). The molecular formula is C17H25NO. The summed E-state index contributed by atoms with van der Waals surface area (Å²) in [6.07, 6.45) is 3.21. The van der Waals surface area contributed by atoms with Crippen molar-refractivity contribution in [1.29, 1.82) is 0 Å². The summed E-state index contributed by atoms with van der Waals surface area (Å²) < 4.78 is 0. The van der Waals surface area contributed by atoms with Crippen molar-refractivity contribution in [2.24, 2.45) is 0 Å². The number of rotatable bonds is 3. The van der Waals surface area contributed by atoms with Crippen LogP contribution in [-0.4, -0.2) is 17.9 Å². The molecule has 0 saturated carbocycles. The number of benzene rings is 1. The fourth-order valence-electron chi connectivity index (χ4n) is 3.56. The Morgan fingerprint density at radius 3 is 2.74 bits per heavy atom. The van der Waals surface area contributed by atoms with Crippen molar-refractivity contribution in [2.75, 3.05) is 4.90 Å². The summed E-state index contributed by atoms with van der Waals surface area (Å²) in [6, 6.07) is 6.65. The molecule has 2 nitrogen and oxygen atoms in total. The second-order valence-corrected chi connectivity index (χ2v) is 6.48. The number of nitrogens with zero attached hydrogens (tertiary/aromatic N) is 1. The molecule has 1 aliphatic rings. The second-order valence-electron chi connectivity index (χ2n) is 6.48. The normalized spacial score (nSPS) is 22.8. The third kappa shape index (κ3) is 2.41. The third-order valence-electron chi connectivity index (χ3n) is 4.47.